The largest absolute Gasteiger partial charge is 0.462 e. The Labute approximate surface area is 388 Å². The van der Waals surface area contributed by atoms with Crippen molar-refractivity contribution in [3.05, 3.63) is 85.1 Å². The van der Waals surface area contributed by atoms with E-state index in [4.69, 9.17) is 14.2 Å². The molecule has 0 amide bonds. The third-order valence-corrected chi connectivity index (χ3v) is 10.9. The van der Waals surface area contributed by atoms with Crippen LogP contribution in [0.5, 0.6) is 0 Å². The monoisotopic (exact) mass is 877 g/mol. The summed E-state index contributed by atoms with van der Waals surface area (Å²) in [6, 6.07) is 0. The molecule has 0 aliphatic carbocycles. The van der Waals surface area contributed by atoms with Gasteiger partial charge in [0.1, 0.15) is 13.2 Å². The highest BCUT2D eigenvalue weighted by molar-refractivity contribution is 5.71. The van der Waals surface area contributed by atoms with E-state index < -0.39 is 6.10 Å². The molecule has 0 heterocycles. The van der Waals surface area contributed by atoms with Crippen molar-refractivity contribution in [3.8, 4) is 0 Å². The van der Waals surface area contributed by atoms with Crippen molar-refractivity contribution in [2.45, 2.75) is 245 Å². The van der Waals surface area contributed by atoms with Crippen molar-refractivity contribution < 1.29 is 28.6 Å². The highest BCUT2D eigenvalue weighted by Crippen LogP contribution is 2.14. The summed E-state index contributed by atoms with van der Waals surface area (Å²) in [7, 11) is 0. The molecule has 0 rings (SSSR count). The maximum absolute atomic E-state index is 12.5. The molecule has 0 radical (unpaired) electrons. The smallest absolute Gasteiger partial charge is 0.306 e. The van der Waals surface area contributed by atoms with Crippen LogP contribution in [0.15, 0.2) is 85.1 Å². The van der Waals surface area contributed by atoms with E-state index in [1.165, 1.54) is 96.3 Å². The maximum Gasteiger partial charge on any atom is 0.306 e. The Morgan fingerprint density at radius 2 is 0.619 bits per heavy atom. The van der Waals surface area contributed by atoms with Gasteiger partial charge in [-0.15, -0.1) is 0 Å². The van der Waals surface area contributed by atoms with Crippen molar-refractivity contribution in [1.29, 1.82) is 0 Å². The first-order valence-corrected chi connectivity index (χ1v) is 26.1. The van der Waals surface area contributed by atoms with Crippen LogP contribution in [-0.2, 0) is 28.6 Å². The fourth-order valence-electron chi connectivity index (χ4n) is 7.01. The van der Waals surface area contributed by atoms with Gasteiger partial charge in [-0.2, -0.15) is 0 Å². The molecule has 1 unspecified atom stereocenters. The second kappa shape index (κ2) is 51.2. The number of carbonyl (C=O) groups excluding carboxylic acids is 3. The quantitative estimate of drug-likeness (QED) is 0.0262. The second-order valence-corrected chi connectivity index (χ2v) is 17.1. The Morgan fingerprint density at radius 1 is 0.333 bits per heavy atom. The number of carbonyl (C=O) groups is 3. The molecule has 63 heavy (non-hydrogen) atoms. The van der Waals surface area contributed by atoms with Crippen LogP contribution in [0.2, 0.25) is 0 Å². The lowest BCUT2D eigenvalue weighted by molar-refractivity contribution is -0.167. The average Bonchev–Trinajstić information content (AvgIpc) is 3.28. The summed E-state index contributed by atoms with van der Waals surface area (Å²) in [6.45, 7) is 6.39. The number of hydrogen-bond acceptors (Lipinski definition) is 6. The minimum atomic E-state index is -0.767. The van der Waals surface area contributed by atoms with E-state index in [1.54, 1.807) is 0 Å². The molecule has 0 saturated carbocycles. The minimum Gasteiger partial charge on any atom is -0.462 e. The van der Waals surface area contributed by atoms with E-state index in [-0.39, 0.29) is 31.1 Å². The zero-order valence-corrected chi connectivity index (χ0v) is 41.1. The molecule has 0 N–H and O–H groups in total. The normalized spacial score (nSPS) is 12.7. The Morgan fingerprint density at radius 3 is 0.968 bits per heavy atom. The fourth-order valence-corrected chi connectivity index (χ4v) is 7.01. The molecule has 0 aromatic heterocycles. The van der Waals surface area contributed by atoms with Crippen LogP contribution in [0.3, 0.4) is 0 Å². The van der Waals surface area contributed by atoms with Crippen LogP contribution < -0.4 is 0 Å². The summed E-state index contributed by atoms with van der Waals surface area (Å²) in [5.74, 6) is -0.901. The topological polar surface area (TPSA) is 78.9 Å². The molecular formula is C57H96O6. The first-order valence-electron chi connectivity index (χ1n) is 26.1. The summed E-state index contributed by atoms with van der Waals surface area (Å²) in [5, 5.41) is 0. The highest BCUT2D eigenvalue weighted by atomic mass is 16.6. The molecule has 0 saturated heterocycles. The Balaban J connectivity index is 3.91. The molecule has 0 bridgehead atoms. The van der Waals surface area contributed by atoms with Gasteiger partial charge in [0.2, 0.25) is 0 Å². The lowest BCUT2D eigenvalue weighted by Crippen LogP contribution is -2.30. The number of rotatable bonds is 46. The molecule has 360 valence electrons. The van der Waals surface area contributed by atoms with E-state index in [9.17, 15) is 14.4 Å². The van der Waals surface area contributed by atoms with Gasteiger partial charge in [0.05, 0.1) is 0 Å². The molecule has 0 fully saturated rings. The maximum atomic E-state index is 12.5. The summed E-state index contributed by atoms with van der Waals surface area (Å²) in [6.07, 6.45) is 66.4. The van der Waals surface area contributed by atoms with Gasteiger partial charge in [0, 0.05) is 19.3 Å². The SMILES string of the molecule is CC/C=C\C/C=C\C/C=C\C/C=C\C/C=C\C/C=C\C/C=C\CCCCCCCCCCCCCC(=O)OCC(COC(=O)CCCCCCCC)OC(=O)CCCCCCCC. The van der Waals surface area contributed by atoms with Crippen LogP contribution in [0.4, 0.5) is 0 Å². The first-order chi connectivity index (χ1) is 31.0. The van der Waals surface area contributed by atoms with Gasteiger partial charge in [0.25, 0.3) is 0 Å². The lowest BCUT2D eigenvalue weighted by Gasteiger charge is -2.18. The van der Waals surface area contributed by atoms with Crippen molar-refractivity contribution >= 4 is 17.9 Å². The summed E-state index contributed by atoms with van der Waals surface area (Å²) >= 11 is 0. The Kier molecular flexibility index (Phi) is 48.5. The van der Waals surface area contributed by atoms with E-state index in [0.29, 0.717) is 19.3 Å². The van der Waals surface area contributed by atoms with Crippen molar-refractivity contribution in [2.24, 2.45) is 0 Å². The van der Waals surface area contributed by atoms with Crippen molar-refractivity contribution in [3.63, 3.8) is 0 Å². The first kappa shape index (κ1) is 59.6. The predicted octanol–water partition coefficient (Wildman–Crippen LogP) is 17.2. The van der Waals surface area contributed by atoms with E-state index in [0.717, 1.165) is 103 Å². The molecule has 0 aliphatic heterocycles. The van der Waals surface area contributed by atoms with E-state index in [2.05, 4.69) is 106 Å². The van der Waals surface area contributed by atoms with Gasteiger partial charge in [0.15, 0.2) is 6.10 Å². The summed E-state index contributed by atoms with van der Waals surface area (Å²) in [4.78, 5) is 37.4. The van der Waals surface area contributed by atoms with Crippen molar-refractivity contribution in [1.82, 2.24) is 0 Å². The number of hydrogen-bond donors (Lipinski definition) is 0. The average molecular weight is 877 g/mol. The molecule has 0 aromatic rings. The molecule has 6 nitrogen and oxygen atoms in total. The fraction of sp³-hybridized carbons (Fsp3) is 0.702. The highest BCUT2D eigenvalue weighted by Gasteiger charge is 2.19. The molecule has 6 heteroatoms. The van der Waals surface area contributed by atoms with E-state index >= 15 is 0 Å². The number of allylic oxidation sites excluding steroid dienone is 14. The zero-order chi connectivity index (χ0) is 45.8. The Bertz CT molecular complexity index is 1240. The van der Waals surface area contributed by atoms with Crippen molar-refractivity contribution in [2.75, 3.05) is 13.2 Å². The van der Waals surface area contributed by atoms with Crippen LogP contribution in [0.25, 0.3) is 0 Å². The third-order valence-electron chi connectivity index (χ3n) is 10.9. The van der Waals surface area contributed by atoms with Crippen LogP contribution >= 0.6 is 0 Å². The predicted molar refractivity (Wildman–Crippen MR) is 270 cm³/mol. The van der Waals surface area contributed by atoms with Gasteiger partial charge in [-0.05, 0) is 77.0 Å². The van der Waals surface area contributed by atoms with Gasteiger partial charge >= 0.3 is 17.9 Å². The molecular weight excluding hydrogens is 781 g/mol. The molecule has 0 aromatic carbocycles. The van der Waals surface area contributed by atoms with Crippen LogP contribution in [0.1, 0.15) is 239 Å². The lowest BCUT2D eigenvalue weighted by atomic mass is 10.0. The van der Waals surface area contributed by atoms with Crippen LogP contribution in [0, 0.1) is 0 Å². The standard InChI is InChI=1S/C57H96O6/c1-4-7-10-13-16-17-18-19-20-21-22-23-24-25-26-27-28-29-30-31-32-33-34-35-36-37-38-39-40-41-42-45-47-50-56(59)62-53-54(63-57(60)51-48-44-15-12-9-6-3)52-61-55(58)49-46-43-14-11-8-5-2/h7,10,16-17,19-20,22-23,25-26,28-29,31-32,54H,4-6,8-9,11-15,18,21,24,27,30,33-53H2,1-3H3/b10-7-,17-16-,20-19-,23-22-,26-25-,29-28-,32-31-. The van der Waals surface area contributed by atoms with Crippen LogP contribution in [-0.4, -0.2) is 37.2 Å². The molecule has 0 aliphatic rings. The Hall–Kier alpha value is -3.41. The third kappa shape index (κ3) is 49.5. The summed E-state index contributed by atoms with van der Waals surface area (Å²) in [5.41, 5.74) is 0. The van der Waals surface area contributed by atoms with Gasteiger partial charge in [-0.1, -0.05) is 228 Å². The van der Waals surface area contributed by atoms with Gasteiger partial charge in [-0.3, -0.25) is 14.4 Å². The number of esters is 3. The van der Waals surface area contributed by atoms with E-state index in [1.807, 2.05) is 0 Å². The van der Waals surface area contributed by atoms with Gasteiger partial charge < -0.3 is 14.2 Å². The number of unbranched alkanes of at least 4 members (excludes halogenated alkanes) is 21. The molecule has 1 atom stereocenters. The second-order valence-electron chi connectivity index (χ2n) is 17.1. The summed E-state index contributed by atoms with van der Waals surface area (Å²) < 4.78 is 16.6. The molecule has 0 spiro atoms. The van der Waals surface area contributed by atoms with Gasteiger partial charge in [-0.25, -0.2) is 0 Å². The zero-order valence-electron chi connectivity index (χ0n) is 41.1. The number of ether oxygens (including phenoxy) is 3. The minimum absolute atomic E-state index is 0.0755.